The molecule has 2 aromatic heterocycles. The van der Waals surface area contributed by atoms with Crippen LogP contribution in [0, 0.1) is 0 Å². The van der Waals surface area contributed by atoms with Gasteiger partial charge in [-0.15, -0.1) is 16.4 Å². The number of methoxy groups -OCH3 is 1. The Morgan fingerprint density at radius 1 is 0.961 bits per heavy atom. The van der Waals surface area contributed by atoms with Crippen molar-refractivity contribution in [2.75, 3.05) is 12.0 Å². The van der Waals surface area contributed by atoms with Gasteiger partial charge in [0.15, 0.2) is 0 Å². The number of hydrogen-bond donors (Lipinski definition) is 0. The second-order valence-electron chi connectivity index (χ2n) is 12.0. The van der Waals surface area contributed by atoms with Crippen molar-refractivity contribution in [2.24, 2.45) is 7.05 Å². The van der Waals surface area contributed by atoms with Gasteiger partial charge >= 0.3 is 24.5 Å². The van der Waals surface area contributed by atoms with Crippen molar-refractivity contribution in [1.29, 1.82) is 0 Å². The zero-order chi connectivity index (χ0) is 37.5. The van der Waals surface area contributed by atoms with E-state index in [1.165, 1.54) is 31.6 Å². The molecule has 2 aromatic carbocycles. The number of rotatable bonds is 9. The minimum atomic E-state index is -5.13. The van der Waals surface area contributed by atoms with Crippen LogP contribution in [0.3, 0.4) is 0 Å². The lowest BCUT2D eigenvalue weighted by molar-refractivity contribution is -0.143. The van der Waals surface area contributed by atoms with Crippen molar-refractivity contribution in [3.8, 4) is 11.3 Å². The molecule has 0 radical (unpaired) electrons. The molecule has 2 heterocycles. The standard InChI is InChI=1S/C33H29F9N6O2S/c1-5-25-26(43-28(51-25)30(2)10-8-19(9-11-30)27(49)50-4)24-7-6-21(31(34,35)36)14-20(24)17-48(29-44-46-47(3)45-29)16-18-12-22(32(37,38)39)15-23(13-18)33(40,41)42/h6-10,12-15H,5,11,16-17H2,1-4H3/t30-/m0/s1. The van der Waals surface area contributed by atoms with Crippen LogP contribution < -0.4 is 4.90 Å². The summed E-state index contributed by atoms with van der Waals surface area (Å²) < 4.78 is 129. The van der Waals surface area contributed by atoms with Crippen LogP contribution in [-0.2, 0) is 60.0 Å². The van der Waals surface area contributed by atoms with Crippen molar-refractivity contribution in [3.63, 3.8) is 0 Å². The number of aryl methyl sites for hydroxylation is 2. The van der Waals surface area contributed by atoms with Crippen molar-refractivity contribution in [1.82, 2.24) is 25.2 Å². The van der Waals surface area contributed by atoms with Crippen LogP contribution >= 0.6 is 11.3 Å². The molecule has 0 amide bonds. The lowest BCUT2D eigenvalue weighted by atomic mass is 9.82. The Morgan fingerprint density at radius 2 is 1.61 bits per heavy atom. The van der Waals surface area contributed by atoms with Crippen LogP contribution in [0.4, 0.5) is 45.5 Å². The number of thiazole rings is 1. The summed E-state index contributed by atoms with van der Waals surface area (Å²) in [6.07, 6.45) is -9.15. The van der Waals surface area contributed by atoms with Crippen molar-refractivity contribution >= 4 is 23.3 Å². The summed E-state index contributed by atoms with van der Waals surface area (Å²) in [4.78, 5) is 19.7. The molecule has 0 unspecified atom stereocenters. The summed E-state index contributed by atoms with van der Waals surface area (Å²) in [6.45, 7) is 2.58. The molecular weight excluding hydrogens is 715 g/mol. The highest BCUT2D eigenvalue weighted by atomic mass is 32.1. The van der Waals surface area contributed by atoms with Gasteiger partial charge in [0.2, 0.25) is 0 Å². The predicted octanol–water partition coefficient (Wildman–Crippen LogP) is 8.48. The van der Waals surface area contributed by atoms with E-state index in [2.05, 4.69) is 15.4 Å². The third-order valence-electron chi connectivity index (χ3n) is 8.16. The van der Waals surface area contributed by atoms with Gasteiger partial charge < -0.3 is 9.64 Å². The number of alkyl halides is 9. The molecule has 5 rings (SSSR count). The zero-order valence-corrected chi connectivity index (χ0v) is 28.2. The Kier molecular flexibility index (Phi) is 10.1. The van der Waals surface area contributed by atoms with Gasteiger partial charge in [-0.1, -0.05) is 36.3 Å². The molecule has 4 aromatic rings. The first-order valence-corrected chi connectivity index (χ1v) is 16.0. The average molecular weight is 745 g/mol. The minimum absolute atomic E-state index is 0.00376. The Morgan fingerprint density at radius 3 is 2.12 bits per heavy atom. The van der Waals surface area contributed by atoms with Gasteiger partial charge in [0.1, 0.15) is 5.01 Å². The molecule has 0 aliphatic heterocycles. The molecule has 51 heavy (non-hydrogen) atoms. The number of hydrogen-bond acceptors (Lipinski definition) is 8. The summed E-state index contributed by atoms with van der Waals surface area (Å²) in [5.74, 6) is -0.770. The number of carbonyl (C=O) groups is 1. The quantitative estimate of drug-likeness (QED) is 0.126. The van der Waals surface area contributed by atoms with Crippen molar-refractivity contribution in [3.05, 3.63) is 97.9 Å². The summed E-state index contributed by atoms with van der Waals surface area (Å²) in [6, 6.07) is 4.02. The van der Waals surface area contributed by atoms with Gasteiger partial charge in [-0.25, -0.2) is 9.78 Å². The van der Waals surface area contributed by atoms with Gasteiger partial charge in [0, 0.05) is 28.9 Å². The van der Waals surface area contributed by atoms with E-state index < -0.39 is 65.3 Å². The number of benzene rings is 2. The maximum absolute atomic E-state index is 14.1. The molecular formula is C33H29F9N6O2S. The molecule has 0 fully saturated rings. The number of halogens is 9. The first-order chi connectivity index (χ1) is 23.7. The molecule has 18 heteroatoms. The zero-order valence-electron chi connectivity index (χ0n) is 27.3. The lowest BCUT2D eigenvalue weighted by Gasteiger charge is -2.25. The Balaban J connectivity index is 1.62. The first kappa shape index (κ1) is 37.5. The summed E-state index contributed by atoms with van der Waals surface area (Å²) in [5, 5.41) is 12.2. The molecule has 1 atom stereocenters. The summed E-state index contributed by atoms with van der Waals surface area (Å²) >= 11 is 1.33. The maximum atomic E-state index is 14.1. The molecule has 272 valence electrons. The van der Waals surface area contributed by atoms with Crippen LogP contribution in [0.5, 0.6) is 0 Å². The first-order valence-electron chi connectivity index (χ1n) is 15.2. The summed E-state index contributed by atoms with van der Waals surface area (Å²) in [5.41, 5.74) is -4.32. The topological polar surface area (TPSA) is 86.0 Å². The van der Waals surface area contributed by atoms with Crippen molar-refractivity contribution in [2.45, 2.75) is 63.7 Å². The van der Waals surface area contributed by atoms with Crippen LogP contribution in [0.2, 0.25) is 0 Å². The highest BCUT2D eigenvalue weighted by Crippen LogP contribution is 2.43. The SMILES string of the molecule is CCc1sc([C@@]2(C)C=CC(C(=O)OC)=CC2)nc1-c1ccc(C(F)(F)F)cc1CN(Cc1cc(C(F)(F)F)cc(C(F)(F)F)c1)c1nnn(C)n1. The van der Waals surface area contributed by atoms with Gasteiger partial charge in [-0.05, 0) is 66.4 Å². The number of aromatic nitrogens is 5. The number of allylic oxidation sites excluding steroid dienone is 2. The van der Waals surface area contributed by atoms with E-state index in [4.69, 9.17) is 9.72 Å². The van der Waals surface area contributed by atoms with E-state index in [1.807, 2.05) is 13.8 Å². The molecule has 0 bridgehead atoms. The number of anilines is 1. The van der Waals surface area contributed by atoms with E-state index in [9.17, 15) is 44.3 Å². The van der Waals surface area contributed by atoms with E-state index in [0.29, 0.717) is 46.1 Å². The molecule has 0 saturated carbocycles. The monoisotopic (exact) mass is 744 g/mol. The van der Waals surface area contributed by atoms with Gasteiger partial charge in [0.25, 0.3) is 5.95 Å². The molecule has 8 nitrogen and oxygen atoms in total. The molecule has 1 aliphatic rings. The van der Waals surface area contributed by atoms with Crippen LogP contribution in [0.1, 0.15) is 58.0 Å². The van der Waals surface area contributed by atoms with Crippen molar-refractivity contribution < 1.29 is 49.0 Å². The van der Waals surface area contributed by atoms with E-state index in [0.717, 1.165) is 21.8 Å². The van der Waals surface area contributed by atoms with Gasteiger partial charge in [0.05, 0.1) is 42.1 Å². The Labute approximate surface area is 289 Å². The fourth-order valence-electron chi connectivity index (χ4n) is 5.47. The fraction of sp³-hybridized carbons (Fsp3) is 0.364. The largest absolute Gasteiger partial charge is 0.465 e. The second-order valence-corrected chi connectivity index (χ2v) is 13.1. The Hall–Kier alpha value is -4.74. The highest BCUT2D eigenvalue weighted by Gasteiger charge is 2.38. The van der Waals surface area contributed by atoms with Gasteiger partial charge in [-0.3, -0.25) is 0 Å². The number of ether oxygens (including phenoxy) is 1. The van der Waals surface area contributed by atoms with E-state index >= 15 is 0 Å². The number of tetrazole rings is 1. The van der Waals surface area contributed by atoms with Gasteiger partial charge in [-0.2, -0.15) is 44.3 Å². The average Bonchev–Trinajstić information content (AvgIpc) is 3.70. The van der Waals surface area contributed by atoms with Crippen LogP contribution in [0.25, 0.3) is 11.3 Å². The minimum Gasteiger partial charge on any atom is -0.465 e. The third-order valence-corrected chi connectivity index (χ3v) is 9.63. The molecule has 1 aliphatic carbocycles. The fourth-order valence-corrected chi connectivity index (χ4v) is 6.62. The van der Waals surface area contributed by atoms with Crippen LogP contribution in [0.15, 0.2) is 60.2 Å². The van der Waals surface area contributed by atoms with Crippen LogP contribution in [-0.4, -0.2) is 38.3 Å². The number of nitrogens with zero attached hydrogens (tertiary/aromatic N) is 6. The maximum Gasteiger partial charge on any atom is 0.416 e. The van der Waals surface area contributed by atoms with E-state index in [1.54, 1.807) is 18.2 Å². The second kappa shape index (κ2) is 13.8. The molecule has 0 N–H and O–H groups in total. The normalized spacial score (nSPS) is 16.7. The van der Waals surface area contributed by atoms with E-state index in [-0.39, 0.29) is 23.1 Å². The summed E-state index contributed by atoms with van der Waals surface area (Å²) in [7, 11) is 2.62. The highest BCUT2D eigenvalue weighted by molar-refractivity contribution is 7.12. The number of esters is 1. The molecule has 0 saturated heterocycles. The lowest BCUT2D eigenvalue weighted by Crippen LogP contribution is -2.25. The molecule has 0 spiro atoms. The Bertz CT molecular complexity index is 1960. The number of carbonyl (C=O) groups excluding carboxylic acids is 1. The smallest absolute Gasteiger partial charge is 0.416 e. The third kappa shape index (κ3) is 8.26. The predicted molar refractivity (Wildman–Crippen MR) is 168 cm³/mol.